The lowest BCUT2D eigenvalue weighted by atomic mass is 10.2. The number of nitrogens with zero attached hydrogens (tertiary/aromatic N) is 4. The number of aromatic nitrogens is 3. The number of hydrogen-bond donors (Lipinski definition) is 1. The Kier molecular flexibility index (Phi) is 4.46. The number of halogens is 1. The molecule has 0 radical (unpaired) electrons. The van der Waals surface area contributed by atoms with Gasteiger partial charge in [-0.3, -0.25) is 4.68 Å². The minimum Gasteiger partial charge on any atom is -0.370 e. The standard InChI is InChI=1S/C13H18FN5/c1-2-18(13-5-3-4-11(14)8-13)6-7-19-10-12(9-15)16-17-19/h3-5,8,10H,2,6-7,9,15H2,1H3. The van der Waals surface area contributed by atoms with E-state index in [9.17, 15) is 4.39 Å². The van der Waals surface area contributed by atoms with Crippen LogP contribution in [0.15, 0.2) is 30.5 Å². The van der Waals surface area contributed by atoms with Crippen LogP contribution in [-0.4, -0.2) is 28.1 Å². The van der Waals surface area contributed by atoms with E-state index in [4.69, 9.17) is 5.73 Å². The number of anilines is 1. The Morgan fingerprint density at radius 2 is 2.26 bits per heavy atom. The first-order valence-corrected chi connectivity index (χ1v) is 6.32. The van der Waals surface area contributed by atoms with E-state index in [1.165, 1.54) is 12.1 Å². The molecule has 0 amide bonds. The molecule has 0 saturated heterocycles. The lowest BCUT2D eigenvalue weighted by Gasteiger charge is -2.22. The maximum Gasteiger partial charge on any atom is 0.125 e. The van der Waals surface area contributed by atoms with Crippen molar-refractivity contribution in [1.82, 2.24) is 15.0 Å². The van der Waals surface area contributed by atoms with Gasteiger partial charge < -0.3 is 10.6 Å². The summed E-state index contributed by atoms with van der Waals surface area (Å²) in [6.07, 6.45) is 1.83. The summed E-state index contributed by atoms with van der Waals surface area (Å²) in [6.45, 7) is 4.67. The Hall–Kier alpha value is -1.95. The van der Waals surface area contributed by atoms with Crippen molar-refractivity contribution < 1.29 is 4.39 Å². The van der Waals surface area contributed by atoms with Gasteiger partial charge in [-0.25, -0.2) is 4.39 Å². The van der Waals surface area contributed by atoms with Gasteiger partial charge in [-0.1, -0.05) is 11.3 Å². The molecule has 0 aliphatic heterocycles. The number of rotatable bonds is 6. The molecule has 0 fully saturated rings. The smallest absolute Gasteiger partial charge is 0.125 e. The summed E-state index contributed by atoms with van der Waals surface area (Å²) >= 11 is 0. The van der Waals surface area contributed by atoms with Gasteiger partial charge in [0.2, 0.25) is 0 Å². The lowest BCUT2D eigenvalue weighted by molar-refractivity contribution is 0.577. The molecule has 5 nitrogen and oxygen atoms in total. The normalized spacial score (nSPS) is 10.7. The van der Waals surface area contributed by atoms with Crippen LogP contribution in [0.4, 0.5) is 10.1 Å². The Bertz CT molecular complexity index is 525. The molecule has 102 valence electrons. The van der Waals surface area contributed by atoms with Crippen LogP contribution in [0.3, 0.4) is 0 Å². The third-order valence-electron chi connectivity index (χ3n) is 2.95. The highest BCUT2D eigenvalue weighted by molar-refractivity contribution is 5.46. The SMILES string of the molecule is CCN(CCn1cc(CN)nn1)c1cccc(F)c1. The molecular weight excluding hydrogens is 245 g/mol. The number of likely N-dealkylation sites (N-methyl/N-ethyl adjacent to an activating group) is 1. The summed E-state index contributed by atoms with van der Waals surface area (Å²) in [5.74, 6) is -0.220. The molecule has 2 N–H and O–H groups in total. The van der Waals surface area contributed by atoms with Gasteiger partial charge >= 0.3 is 0 Å². The lowest BCUT2D eigenvalue weighted by Crippen LogP contribution is -2.27. The Morgan fingerprint density at radius 3 is 2.89 bits per heavy atom. The van der Waals surface area contributed by atoms with Crippen LogP contribution in [0, 0.1) is 5.82 Å². The minimum absolute atomic E-state index is 0.220. The van der Waals surface area contributed by atoms with E-state index in [0.717, 1.165) is 24.5 Å². The molecule has 1 aromatic heterocycles. The van der Waals surface area contributed by atoms with Gasteiger partial charge in [-0.2, -0.15) is 0 Å². The molecule has 0 aliphatic carbocycles. The Labute approximate surface area is 111 Å². The van der Waals surface area contributed by atoms with E-state index in [1.54, 1.807) is 10.7 Å². The molecule has 1 heterocycles. The van der Waals surface area contributed by atoms with Crippen LogP contribution in [0.25, 0.3) is 0 Å². The first-order chi connectivity index (χ1) is 9.22. The first kappa shape index (κ1) is 13.5. The highest BCUT2D eigenvalue weighted by Crippen LogP contribution is 2.15. The molecule has 6 heteroatoms. The molecule has 0 saturated carbocycles. The van der Waals surface area contributed by atoms with E-state index in [1.807, 2.05) is 19.2 Å². The third kappa shape index (κ3) is 3.51. The summed E-state index contributed by atoms with van der Waals surface area (Å²) in [5.41, 5.74) is 7.13. The molecule has 19 heavy (non-hydrogen) atoms. The summed E-state index contributed by atoms with van der Waals surface area (Å²) in [4.78, 5) is 2.09. The second-order valence-corrected chi connectivity index (χ2v) is 4.24. The summed E-state index contributed by atoms with van der Waals surface area (Å²) in [7, 11) is 0. The zero-order valence-corrected chi connectivity index (χ0v) is 11.0. The number of benzene rings is 1. The molecule has 0 spiro atoms. The zero-order chi connectivity index (χ0) is 13.7. The average molecular weight is 263 g/mol. The van der Waals surface area contributed by atoms with Crippen LogP contribution in [0.5, 0.6) is 0 Å². The van der Waals surface area contributed by atoms with Gasteiger partial charge in [0.25, 0.3) is 0 Å². The number of hydrogen-bond acceptors (Lipinski definition) is 4. The summed E-state index contributed by atoms with van der Waals surface area (Å²) in [6, 6.07) is 6.60. The van der Waals surface area contributed by atoms with Gasteiger partial charge in [0.15, 0.2) is 0 Å². The first-order valence-electron chi connectivity index (χ1n) is 6.32. The Morgan fingerprint density at radius 1 is 1.42 bits per heavy atom. The molecular formula is C13H18FN5. The predicted molar refractivity (Wildman–Crippen MR) is 72.2 cm³/mol. The number of nitrogens with two attached hydrogens (primary N) is 1. The summed E-state index contributed by atoms with van der Waals surface area (Å²) in [5, 5.41) is 7.93. The van der Waals surface area contributed by atoms with E-state index >= 15 is 0 Å². The van der Waals surface area contributed by atoms with Crippen molar-refractivity contribution >= 4 is 5.69 Å². The molecule has 0 atom stereocenters. The van der Waals surface area contributed by atoms with Crippen LogP contribution in [0.1, 0.15) is 12.6 Å². The zero-order valence-electron chi connectivity index (χ0n) is 11.0. The fourth-order valence-electron chi connectivity index (χ4n) is 1.91. The molecule has 2 rings (SSSR count). The maximum absolute atomic E-state index is 13.2. The molecule has 0 bridgehead atoms. The van der Waals surface area contributed by atoms with E-state index in [2.05, 4.69) is 15.2 Å². The van der Waals surface area contributed by atoms with Crippen molar-refractivity contribution in [2.45, 2.75) is 20.0 Å². The molecule has 0 unspecified atom stereocenters. The topological polar surface area (TPSA) is 60.0 Å². The van der Waals surface area contributed by atoms with Gasteiger partial charge in [-0.05, 0) is 25.1 Å². The summed E-state index contributed by atoms with van der Waals surface area (Å²) < 4.78 is 15.0. The van der Waals surface area contributed by atoms with Gasteiger partial charge in [0, 0.05) is 31.5 Å². The largest absolute Gasteiger partial charge is 0.370 e. The van der Waals surface area contributed by atoms with Gasteiger partial charge in [0.1, 0.15) is 5.82 Å². The minimum atomic E-state index is -0.220. The average Bonchev–Trinajstić information content (AvgIpc) is 2.87. The van der Waals surface area contributed by atoms with Crippen molar-refractivity contribution in [2.75, 3.05) is 18.0 Å². The van der Waals surface area contributed by atoms with Crippen molar-refractivity contribution in [3.05, 3.63) is 42.0 Å². The second kappa shape index (κ2) is 6.29. The molecule has 2 aromatic rings. The van der Waals surface area contributed by atoms with Crippen molar-refractivity contribution in [3.8, 4) is 0 Å². The Balaban J connectivity index is 1.99. The van der Waals surface area contributed by atoms with Gasteiger partial charge in [0.05, 0.1) is 12.2 Å². The highest BCUT2D eigenvalue weighted by atomic mass is 19.1. The fourth-order valence-corrected chi connectivity index (χ4v) is 1.91. The van der Waals surface area contributed by atoms with E-state index in [0.29, 0.717) is 13.1 Å². The monoisotopic (exact) mass is 263 g/mol. The second-order valence-electron chi connectivity index (χ2n) is 4.24. The fraction of sp³-hybridized carbons (Fsp3) is 0.385. The van der Waals surface area contributed by atoms with Gasteiger partial charge in [-0.15, -0.1) is 5.10 Å². The van der Waals surface area contributed by atoms with Crippen LogP contribution in [-0.2, 0) is 13.1 Å². The quantitative estimate of drug-likeness (QED) is 0.856. The maximum atomic E-state index is 13.2. The predicted octanol–water partition coefficient (Wildman–Crippen LogP) is 1.40. The highest BCUT2D eigenvalue weighted by Gasteiger charge is 2.06. The molecule has 1 aromatic carbocycles. The van der Waals surface area contributed by atoms with Crippen LogP contribution in [0.2, 0.25) is 0 Å². The van der Waals surface area contributed by atoms with Crippen molar-refractivity contribution in [1.29, 1.82) is 0 Å². The van der Waals surface area contributed by atoms with Crippen LogP contribution >= 0.6 is 0 Å². The van der Waals surface area contributed by atoms with E-state index in [-0.39, 0.29) is 5.82 Å². The van der Waals surface area contributed by atoms with Crippen LogP contribution < -0.4 is 10.6 Å². The van der Waals surface area contributed by atoms with E-state index < -0.39 is 0 Å². The third-order valence-corrected chi connectivity index (χ3v) is 2.95. The van der Waals surface area contributed by atoms with Crippen molar-refractivity contribution in [2.24, 2.45) is 5.73 Å². The molecule has 0 aliphatic rings. The van der Waals surface area contributed by atoms with Crippen molar-refractivity contribution in [3.63, 3.8) is 0 Å².